The monoisotopic (exact) mass is 332 g/mol. The lowest BCUT2D eigenvalue weighted by molar-refractivity contribution is 0.0374. The van der Waals surface area contributed by atoms with Gasteiger partial charge in [-0.05, 0) is 31.6 Å². The van der Waals surface area contributed by atoms with Crippen LogP contribution in [0.25, 0.3) is 11.0 Å². The molecule has 0 spiro atoms. The molecule has 2 aromatic rings. The summed E-state index contributed by atoms with van der Waals surface area (Å²) in [5.74, 6) is 0.581. The summed E-state index contributed by atoms with van der Waals surface area (Å²) in [6, 6.07) is 8.81. The van der Waals surface area contributed by atoms with Crippen molar-refractivity contribution in [3.8, 4) is 5.75 Å². The van der Waals surface area contributed by atoms with Crippen molar-refractivity contribution in [2.24, 2.45) is 0 Å². The molecule has 0 aliphatic carbocycles. The highest BCUT2D eigenvalue weighted by Crippen LogP contribution is 2.22. The predicted molar refractivity (Wildman–Crippen MR) is 92.7 cm³/mol. The zero-order valence-electron chi connectivity index (χ0n) is 13.8. The first kappa shape index (κ1) is 17.0. The molecule has 1 aliphatic heterocycles. The third-order valence-corrected chi connectivity index (χ3v) is 4.08. The molecule has 1 aromatic heterocycles. The average Bonchev–Trinajstić information content (AvgIpc) is 2.61. The zero-order valence-corrected chi connectivity index (χ0v) is 13.8. The second kappa shape index (κ2) is 8.82. The Balaban J connectivity index is 1.37. The summed E-state index contributed by atoms with van der Waals surface area (Å²) in [6.45, 7) is 7.09. The van der Waals surface area contributed by atoms with Crippen molar-refractivity contribution < 1.29 is 13.9 Å². The summed E-state index contributed by atoms with van der Waals surface area (Å²) >= 11 is 0. The fourth-order valence-electron chi connectivity index (χ4n) is 2.81. The zero-order chi connectivity index (χ0) is 16.6. The van der Waals surface area contributed by atoms with Gasteiger partial charge in [0.15, 0.2) is 0 Å². The van der Waals surface area contributed by atoms with Crippen LogP contribution in [0.15, 0.2) is 39.5 Å². The molecule has 24 heavy (non-hydrogen) atoms. The fourth-order valence-corrected chi connectivity index (χ4v) is 2.81. The maximum atomic E-state index is 11.6. The Labute approximate surface area is 141 Å². The van der Waals surface area contributed by atoms with Crippen LogP contribution in [0.3, 0.4) is 0 Å². The van der Waals surface area contributed by atoms with E-state index in [2.05, 4.69) is 10.2 Å². The number of para-hydroxylation sites is 1. The second-order valence-corrected chi connectivity index (χ2v) is 5.83. The molecule has 1 saturated heterocycles. The van der Waals surface area contributed by atoms with E-state index >= 15 is 0 Å². The highest BCUT2D eigenvalue weighted by molar-refractivity contribution is 5.82. The number of benzene rings is 1. The smallest absolute Gasteiger partial charge is 0.339 e. The van der Waals surface area contributed by atoms with Crippen molar-refractivity contribution in [2.45, 2.75) is 6.42 Å². The van der Waals surface area contributed by atoms with Crippen molar-refractivity contribution in [3.05, 3.63) is 40.8 Å². The SMILES string of the molecule is O=c1cc(OCCNCCCN2CCOCC2)c2ccccc2o1. The molecule has 3 rings (SSSR count). The fraction of sp³-hybridized carbons (Fsp3) is 0.500. The Hall–Kier alpha value is -1.89. The van der Waals surface area contributed by atoms with E-state index < -0.39 is 0 Å². The number of ether oxygens (including phenoxy) is 2. The standard InChI is InChI=1S/C18H24N2O4/c21-18-14-17(15-4-1-2-5-16(15)24-18)23-11-7-19-6-3-8-20-9-12-22-13-10-20/h1-2,4-5,14,19H,3,6-13H2. The van der Waals surface area contributed by atoms with Gasteiger partial charge in [-0.25, -0.2) is 4.79 Å². The van der Waals surface area contributed by atoms with Crippen LogP contribution in [-0.4, -0.2) is 57.4 Å². The lowest BCUT2D eigenvalue weighted by Gasteiger charge is -2.26. The van der Waals surface area contributed by atoms with Crippen LogP contribution in [0.4, 0.5) is 0 Å². The molecule has 0 radical (unpaired) electrons. The van der Waals surface area contributed by atoms with E-state index in [0.717, 1.165) is 57.7 Å². The van der Waals surface area contributed by atoms with Gasteiger partial charge in [-0.3, -0.25) is 4.90 Å². The molecule has 6 nitrogen and oxygen atoms in total. The summed E-state index contributed by atoms with van der Waals surface area (Å²) in [5.41, 5.74) is 0.167. The van der Waals surface area contributed by atoms with E-state index in [9.17, 15) is 4.79 Å². The van der Waals surface area contributed by atoms with Gasteiger partial charge < -0.3 is 19.2 Å². The minimum absolute atomic E-state index is 0.387. The van der Waals surface area contributed by atoms with Crippen LogP contribution in [0, 0.1) is 0 Å². The van der Waals surface area contributed by atoms with Gasteiger partial charge in [0.25, 0.3) is 0 Å². The predicted octanol–water partition coefficient (Wildman–Crippen LogP) is 1.48. The van der Waals surface area contributed by atoms with Crippen molar-refractivity contribution in [3.63, 3.8) is 0 Å². The molecular formula is C18H24N2O4. The topological polar surface area (TPSA) is 63.9 Å². The lowest BCUT2D eigenvalue weighted by Crippen LogP contribution is -2.37. The number of morpholine rings is 1. The molecule has 1 aromatic carbocycles. The average molecular weight is 332 g/mol. The number of hydrogen-bond donors (Lipinski definition) is 1. The Morgan fingerprint density at radius 3 is 2.88 bits per heavy atom. The van der Waals surface area contributed by atoms with E-state index in [-0.39, 0.29) is 5.63 Å². The number of fused-ring (bicyclic) bond motifs is 1. The first-order valence-corrected chi connectivity index (χ1v) is 8.49. The van der Waals surface area contributed by atoms with Crippen LogP contribution < -0.4 is 15.7 Å². The minimum Gasteiger partial charge on any atom is -0.491 e. The van der Waals surface area contributed by atoms with Gasteiger partial charge in [-0.2, -0.15) is 0 Å². The van der Waals surface area contributed by atoms with E-state index in [1.165, 1.54) is 6.07 Å². The lowest BCUT2D eigenvalue weighted by atomic mass is 10.2. The molecule has 1 N–H and O–H groups in total. The maximum absolute atomic E-state index is 11.6. The number of hydrogen-bond acceptors (Lipinski definition) is 6. The number of nitrogens with zero attached hydrogens (tertiary/aromatic N) is 1. The Bertz CT molecular complexity index is 695. The number of rotatable bonds is 8. The molecule has 0 saturated carbocycles. The quantitative estimate of drug-likeness (QED) is 0.584. The van der Waals surface area contributed by atoms with Gasteiger partial charge >= 0.3 is 5.63 Å². The van der Waals surface area contributed by atoms with Crippen LogP contribution in [0.5, 0.6) is 5.75 Å². The first-order valence-electron chi connectivity index (χ1n) is 8.49. The largest absolute Gasteiger partial charge is 0.491 e. The molecule has 1 fully saturated rings. The van der Waals surface area contributed by atoms with Crippen molar-refractivity contribution in [2.75, 3.05) is 52.5 Å². The van der Waals surface area contributed by atoms with Gasteiger partial charge in [0.2, 0.25) is 0 Å². The minimum atomic E-state index is -0.387. The number of nitrogens with one attached hydrogen (secondary N) is 1. The maximum Gasteiger partial charge on any atom is 0.339 e. The van der Waals surface area contributed by atoms with Gasteiger partial charge in [0.05, 0.1) is 24.7 Å². The molecule has 0 bridgehead atoms. The highest BCUT2D eigenvalue weighted by Gasteiger charge is 2.09. The molecule has 2 heterocycles. The molecule has 0 unspecified atom stereocenters. The molecule has 0 amide bonds. The molecule has 0 atom stereocenters. The Kier molecular flexibility index (Phi) is 6.23. The Morgan fingerprint density at radius 1 is 1.17 bits per heavy atom. The molecular weight excluding hydrogens is 308 g/mol. The van der Waals surface area contributed by atoms with E-state index in [0.29, 0.717) is 17.9 Å². The summed E-state index contributed by atoms with van der Waals surface area (Å²) in [4.78, 5) is 14.0. The summed E-state index contributed by atoms with van der Waals surface area (Å²) in [6.07, 6.45) is 1.11. The highest BCUT2D eigenvalue weighted by atomic mass is 16.5. The summed E-state index contributed by atoms with van der Waals surface area (Å²) in [7, 11) is 0. The van der Waals surface area contributed by atoms with E-state index in [1.807, 2.05) is 18.2 Å². The third kappa shape index (κ3) is 4.80. The summed E-state index contributed by atoms with van der Waals surface area (Å²) in [5, 5.41) is 4.20. The van der Waals surface area contributed by atoms with Gasteiger partial charge in [-0.1, -0.05) is 12.1 Å². The summed E-state index contributed by atoms with van der Waals surface area (Å²) < 4.78 is 16.2. The van der Waals surface area contributed by atoms with Crippen molar-refractivity contribution in [1.82, 2.24) is 10.2 Å². The molecule has 1 aliphatic rings. The third-order valence-electron chi connectivity index (χ3n) is 4.08. The van der Waals surface area contributed by atoms with Crippen LogP contribution in [0.1, 0.15) is 6.42 Å². The Morgan fingerprint density at radius 2 is 2.00 bits per heavy atom. The normalized spacial score (nSPS) is 15.7. The van der Waals surface area contributed by atoms with Crippen LogP contribution in [0.2, 0.25) is 0 Å². The van der Waals surface area contributed by atoms with Crippen molar-refractivity contribution in [1.29, 1.82) is 0 Å². The van der Waals surface area contributed by atoms with Gasteiger partial charge in [-0.15, -0.1) is 0 Å². The molecule has 6 heteroatoms. The van der Waals surface area contributed by atoms with E-state index in [1.54, 1.807) is 6.07 Å². The van der Waals surface area contributed by atoms with Gasteiger partial charge in [0, 0.05) is 19.6 Å². The van der Waals surface area contributed by atoms with Crippen molar-refractivity contribution >= 4 is 11.0 Å². The van der Waals surface area contributed by atoms with Crippen LogP contribution in [-0.2, 0) is 4.74 Å². The van der Waals surface area contributed by atoms with Crippen LogP contribution >= 0.6 is 0 Å². The van der Waals surface area contributed by atoms with Gasteiger partial charge in [0.1, 0.15) is 17.9 Å². The first-order chi connectivity index (χ1) is 11.8. The molecule has 130 valence electrons. The van der Waals surface area contributed by atoms with E-state index in [4.69, 9.17) is 13.9 Å². The second-order valence-electron chi connectivity index (χ2n) is 5.83.